The van der Waals surface area contributed by atoms with Crippen LogP contribution in [0.4, 0.5) is 0 Å². The topological polar surface area (TPSA) is 66.8 Å². The van der Waals surface area contributed by atoms with E-state index in [1.807, 2.05) is 0 Å². The van der Waals surface area contributed by atoms with E-state index in [9.17, 15) is 4.79 Å². The van der Waals surface area contributed by atoms with Crippen molar-refractivity contribution < 1.29 is 19.7 Å². The molecule has 0 heterocycles. The summed E-state index contributed by atoms with van der Waals surface area (Å²) in [4.78, 5) is 11.0. The normalized spacial score (nSPS) is 9.43. The van der Waals surface area contributed by atoms with Crippen LogP contribution in [0.25, 0.3) is 0 Å². The van der Waals surface area contributed by atoms with E-state index in [1.54, 1.807) is 12.1 Å². The fourth-order valence-electron chi connectivity index (χ4n) is 0.904. The summed E-state index contributed by atoms with van der Waals surface area (Å²) in [7, 11) is 1.51. The molecule has 0 aliphatic heterocycles. The van der Waals surface area contributed by atoms with Crippen LogP contribution in [0.15, 0.2) is 24.3 Å². The van der Waals surface area contributed by atoms with Crippen LogP contribution >= 0.6 is 0 Å². The molecule has 0 aliphatic rings. The Morgan fingerprint density at radius 1 is 1.29 bits per heavy atom. The van der Waals surface area contributed by atoms with Crippen molar-refractivity contribution in [2.75, 3.05) is 7.11 Å². The standard InChI is InChI=1S/C9H10O4.Na/c1-13-7-4-2-6(3-5-7)8(10)9(11)12;/h2-5,9,11-12H,1H3;. The predicted molar refractivity (Wildman–Crippen MR) is 51.3 cm³/mol. The summed E-state index contributed by atoms with van der Waals surface area (Å²) in [5.41, 5.74) is 0.246. The minimum Gasteiger partial charge on any atom is -0.497 e. The van der Waals surface area contributed by atoms with E-state index in [0.717, 1.165) is 0 Å². The summed E-state index contributed by atoms with van der Waals surface area (Å²) in [5, 5.41) is 17.2. The van der Waals surface area contributed by atoms with E-state index in [4.69, 9.17) is 14.9 Å². The fourth-order valence-corrected chi connectivity index (χ4v) is 0.904. The Labute approximate surface area is 104 Å². The summed E-state index contributed by atoms with van der Waals surface area (Å²) < 4.78 is 4.87. The first-order valence-corrected chi connectivity index (χ1v) is 3.69. The number of methoxy groups -OCH3 is 1. The molecule has 4 nitrogen and oxygen atoms in total. The van der Waals surface area contributed by atoms with Gasteiger partial charge in [0.05, 0.1) is 7.11 Å². The Morgan fingerprint density at radius 2 is 1.79 bits per heavy atom. The van der Waals surface area contributed by atoms with Gasteiger partial charge in [-0.25, -0.2) is 0 Å². The van der Waals surface area contributed by atoms with Crippen LogP contribution in [0.2, 0.25) is 0 Å². The number of carbonyl (C=O) groups excluding carboxylic acids is 1. The molecule has 0 amide bonds. The van der Waals surface area contributed by atoms with Gasteiger partial charge in [-0.2, -0.15) is 0 Å². The number of rotatable bonds is 3. The summed E-state index contributed by atoms with van der Waals surface area (Å²) in [6.07, 6.45) is -1.95. The van der Waals surface area contributed by atoms with E-state index in [-0.39, 0.29) is 35.1 Å². The van der Waals surface area contributed by atoms with Crippen molar-refractivity contribution in [2.24, 2.45) is 0 Å². The largest absolute Gasteiger partial charge is 0.497 e. The summed E-state index contributed by atoms with van der Waals surface area (Å²) in [5.74, 6) is -0.105. The molecule has 1 rings (SSSR count). The summed E-state index contributed by atoms with van der Waals surface area (Å²) in [6.45, 7) is 0. The van der Waals surface area contributed by atoms with Gasteiger partial charge in [0.1, 0.15) is 5.75 Å². The average molecular weight is 205 g/mol. The van der Waals surface area contributed by atoms with Gasteiger partial charge < -0.3 is 14.9 Å². The maximum absolute atomic E-state index is 11.0. The minimum atomic E-state index is -1.95. The van der Waals surface area contributed by atoms with Crippen LogP contribution in [0, 0.1) is 0 Å². The zero-order valence-electron chi connectivity index (χ0n) is 8.10. The van der Waals surface area contributed by atoms with Gasteiger partial charge >= 0.3 is 0 Å². The zero-order valence-corrected chi connectivity index (χ0v) is 10.1. The number of hydrogen-bond donors (Lipinski definition) is 2. The van der Waals surface area contributed by atoms with Crippen molar-refractivity contribution in [1.29, 1.82) is 0 Å². The number of carbonyl (C=O) groups is 1. The van der Waals surface area contributed by atoms with Crippen molar-refractivity contribution in [3.05, 3.63) is 29.8 Å². The van der Waals surface area contributed by atoms with Gasteiger partial charge in [-0.3, -0.25) is 4.79 Å². The Bertz CT molecular complexity index is 294. The number of Topliss-reactive ketones (excluding diaryl/α,β-unsaturated/α-hetero) is 1. The second-order valence-corrected chi connectivity index (χ2v) is 2.47. The van der Waals surface area contributed by atoms with Crippen molar-refractivity contribution >= 4 is 35.3 Å². The van der Waals surface area contributed by atoms with E-state index in [2.05, 4.69) is 0 Å². The van der Waals surface area contributed by atoms with Crippen LogP contribution in [-0.2, 0) is 0 Å². The molecule has 0 atom stereocenters. The first-order valence-electron chi connectivity index (χ1n) is 3.69. The maximum atomic E-state index is 11.0. The summed E-state index contributed by atoms with van der Waals surface area (Å²) in [6, 6.07) is 6.10. The van der Waals surface area contributed by atoms with Gasteiger partial charge in [0.2, 0.25) is 12.1 Å². The predicted octanol–water partition coefficient (Wildman–Crippen LogP) is -0.192. The van der Waals surface area contributed by atoms with Crippen LogP contribution in [0.3, 0.4) is 0 Å². The van der Waals surface area contributed by atoms with Crippen molar-refractivity contribution in [1.82, 2.24) is 0 Å². The van der Waals surface area contributed by atoms with Gasteiger partial charge in [0.15, 0.2) is 0 Å². The molecule has 0 spiro atoms. The van der Waals surface area contributed by atoms with E-state index in [0.29, 0.717) is 5.75 Å². The number of benzene rings is 1. The molecule has 0 unspecified atom stereocenters. The van der Waals surface area contributed by atoms with Gasteiger partial charge in [0.25, 0.3) is 0 Å². The molecule has 1 aromatic rings. The second-order valence-electron chi connectivity index (χ2n) is 2.47. The summed E-state index contributed by atoms with van der Waals surface area (Å²) >= 11 is 0. The van der Waals surface area contributed by atoms with Crippen LogP contribution < -0.4 is 4.74 Å². The third kappa shape index (κ3) is 3.40. The SMILES string of the molecule is COc1ccc(C(=O)C(O)O)cc1.[Na]. The van der Waals surface area contributed by atoms with E-state index >= 15 is 0 Å². The number of ether oxygens (including phenoxy) is 1. The van der Waals surface area contributed by atoms with Gasteiger partial charge in [0, 0.05) is 35.1 Å². The minimum absolute atomic E-state index is 0. The number of aliphatic hydroxyl groups is 2. The smallest absolute Gasteiger partial charge is 0.218 e. The molecular weight excluding hydrogens is 195 g/mol. The molecule has 1 radical (unpaired) electrons. The fraction of sp³-hybridized carbons (Fsp3) is 0.222. The van der Waals surface area contributed by atoms with Gasteiger partial charge in [-0.15, -0.1) is 0 Å². The van der Waals surface area contributed by atoms with Gasteiger partial charge in [-0.1, -0.05) is 0 Å². The first-order chi connectivity index (χ1) is 6.15. The molecule has 0 aromatic heterocycles. The molecule has 0 fully saturated rings. The van der Waals surface area contributed by atoms with Crippen LogP contribution in [0.5, 0.6) is 5.75 Å². The van der Waals surface area contributed by atoms with E-state index in [1.165, 1.54) is 19.2 Å². The van der Waals surface area contributed by atoms with Crippen molar-refractivity contribution in [2.45, 2.75) is 6.29 Å². The molecule has 0 bridgehead atoms. The second kappa shape index (κ2) is 6.16. The van der Waals surface area contributed by atoms with E-state index < -0.39 is 12.1 Å². The Hall–Kier alpha value is -0.390. The monoisotopic (exact) mass is 205 g/mol. The van der Waals surface area contributed by atoms with Crippen LogP contribution in [-0.4, -0.2) is 59.0 Å². The molecule has 0 saturated carbocycles. The van der Waals surface area contributed by atoms with Crippen LogP contribution in [0.1, 0.15) is 10.4 Å². The molecule has 71 valence electrons. The van der Waals surface area contributed by atoms with Crippen molar-refractivity contribution in [3.8, 4) is 5.75 Å². The number of hydrogen-bond acceptors (Lipinski definition) is 4. The number of aliphatic hydroxyl groups excluding tert-OH is 1. The maximum Gasteiger partial charge on any atom is 0.218 e. The molecule has 5 heteroatoms. The average Bonchev–Trinajstić information content (AvgIpc) is 2.17. The third-order valence-corrected chi connectivity index (χ3v) is 1.61. The molecule has 0 aliphatic carbocycles. The molecular formula is C9H10NaO4. The number of ketones is 1. The molecule has 14 heavy (non-hydrogen) atoms. The quantitative estimate of drug-likeness (QED) is 0.407. The Morgan fingerprint density at radius 3 is 2.14 bits per heavy atom. The first kappa shape index (κ1) is 13.6. The molecule has 1 aromatic carbocycles. The Balaban J connectivity index is 0.00000169. The van der Waals surface area contributed by atoms with Gasteiger partial charge in [-0.05, 0) is 24.3 Å². The third-order valence-electron chi connectivity index (χ3n) is 1.61. The van der Waals surface area contributed by atoms with Crippen molar-refractivity contribution in [3.63, 3.8) is 0 Å². The zero-order chi connectivity index (χ0) is 9.84. The Kier molecular flexibility index (Phi) is 5.99. The molecule has 2 N–H and O–H groups in total. The molecule has 0 saturated heterocycles.